The second kappa shape index (κ2) is 15.5. The van der Waals surface area contributed by atoms with E-state index in [-0.39, 0.29) is 31.0 Å². The van der Waals surface area contributed by atoms with Gasteiger partial charge in [-0.05, 0) is 17.7 Å². The smallest absolute Gasteiger partial charge is 0.245 e. The summed E-state index contributed by atoms with van der Waals surface area (Å²) >= 11 is 1.48. The number of aliphatic hydroxyl groups excluding tert-OH is 1. The standard InChI is InChI=1S/C18H24N4O3S.CH4O.H3N/c19-16(6-7-17(20)26-13-14-4-2-1-3-5-14)21-18(24)15-12-25-11-9-22(15)8-10-23;1-2;/h1-7,10,15H,8-9,11-13,19-20H2,(H,21,24);2H,1H3;1H3/b16-6+,17-7+;;. The van der Waals surface area contributed by atoms with Crippen molar-refractivity contribution in [1.29, 1.82) is 0 Å². The van der Waals surface area contributed by atoms with Gasteiger partial charge in [-0.1, -0.05) is 30.3 Å². The van der Waals surface area contributed by atoms with Crippen LogP contribution >= 0.6 is 11.8 Å². The van der Waals surface area contributed by atoms with Crippen molar-refractivity contribution in [2.75, 3.05) is 33.4 Å². The molecule has 1 fully saturated rings. The van der Waals surface area contributed by atoms with E-state index in [1.54, 1.807) is 17.1 Å². The van der Waals surface area contributed by atoms with Crippen LogP contribution in [-0.4, -0.2) is 61.7 Å². The van der Waals surface area contributed by atoms with Crippen LogP contribution in [0.4, 0.5) is 0 Å². The summed E-state index contributed by atoms with van der Waals surface area (Å²) in [4.78, 5) is 24.8. The van der Waals surface area contributed by atoms with E-state index in [1.165, 1.54) is 17.3 Å². The number of nitrogens with zero attached hydrogens (tertiary/aromatic N) is 1. The van der Waals surface area contributed by atoms with Crippen LogP contribution in [0.15, 0.2) is 53.3 Å². The largest absolute Gasteiger partial charge is 0.400 e. The first-order valence-corrected chi connectivity index (χ1v) is 9.69. The van der Waals surface area contributed by atoms with Gasteiger partial charge in [0, 0.05) is 19.4 Å². The Hall–Kier alpha value is -2.37. The molecule has 10 heteroatoms. The van der Waals surface area contributed by atoms with Gasteiger partial charge >= 0.3 is 0 Å². The predicted octanol–water partition coefficient (Wildman–Crippen LogP) is 0.306. The highest BCUT2D eigenvalue weighted by molar-refractivity contribution is 8.02. The lowest BCUT2D eigenvalue weighted by Crippen LogP contribution is -2.54. The second-order valence-electron chi connectivity index (χ2n) is 5.71. The lowest BCUT2D eigenvalue weighted by Gasteiger charge is -2.32. The molecule has 1 aromatic rings. The van der Waals surface area contributed by atoms with Crippen molar-refractivity contribution in [1.82, 2.24) is 16.4 Å². The quantitative estimate of drug-likeness (QED) is 0.291. The summed E-state index contributed by atoms with van der Waals surface area (Å²) in [6.07, 6.45) is 3.99. The molecule has 1 aliphatic heterocycles. The molecule has 162 valence electrons. The number of hydrogen-bond acceptors (Lipinski definition) is 9. The molecule has 1 aromatic carbocycles. The van der Waals surface area contributed by atoms with Crippen molar-refractivity contribution >= 4 is 24.0 Å². The first-order valence-electron chi connectivity index (χ1n) is 8.71. The normalized spacial score (nSPS) is 17.4. The summed E-state index contributed by atoms with van der Waals surface area (Å²) in [5.74, 6) is 0.641. The Bertz CT molecular complexity index is 670. The number of thioether (sulfide) groups is 1. The van der Waals surface area contributed by atoms with Crippen LogP contribution in [0.2, 0.25) is 0 Å². The molecular weight excluding hydrogens is 394 g/mol. The fraction of sp³-hybridized carbons (Fsp3) is 0.368. The van der Waals surface area contributed by atoms with Crippen molar-refractivity contribution in [3.63, 3.8) is 0 Å². The Morgan fingerprint density at radius 1 is 1.31 bits per heavy atom. The number of allylic oxidation sites excluding steroid dienone is 2. The number of amides is 1. The molecule has 1 amide bonds. The molecule has 0 spiro atoms. The fourth-order valence-corrected chi connectivity index (χ4v) is 3.11. The number of aliphatic hydroxyl groups is 1. The molecule has 0 saturated carbocycles. The average Bonchev–Trinajstić information content (AvgIpc) is 2.73. The first kappa shape index (κ1) is 26.6. The van der Waals surface area contributed by atoms with Crippen LogP contribution in [0.1, 0.15) is 5.56 Å². The molecule has 0 radical (unpaired) electrons. The van der Waals surface area contributed by atoms with E-state index >= 15 is 0 Å². The fourth-order valence-electron chi connectivity index (χ4n) is 2.42. The number of hydrogen-bond donors (Lipinski definition) is 5. The van der Waals surface area contributed by atoms with E-state index in [2.05, 4.69) is 5.32 Å². The van der Waals surface area contributed by atoms with Crippen molar-refractivity contribution in [3.05, 3.63) is 58.9 Å². The molecule has 9 N–H and O–H groups in total. The Balaban J connectivity index is 0.00000253. The highest BCUT2D eigenvalue weighted by Crippen LogP contribution is 2.17. The van der Waals surface area contributed by atoms with E-state index in [0.717, 1.165) is 19.1 Å². The number of nitrogens with two attached hydrogens (primary N) is 2. The van der Waals surface area contributed by atoms with Gasteiger partial charge in [0.25, 0.3) is 0 Å². The minimum atomic E-state index is -0.533. The van der Waals surface area contributed by atoms with Crippen molar-refractivity contribution in [2.45, 2.75) is 11.8 Å². The van der Waals surface area contributed by atoms with Gasteiger partial charge in [0.15, 0.2) is 0 Å². The predicted molar refractivity (Wildman–Crippen MR) is 116 cm³/mol. The zero-order valence-electron chi connectivity index (χ0n) is 16.6. The Kier molecular flexibility index (Phi) is 14.3. The molecule has 0 aliphatic carbocycles. The van der Waals surface area contributed by atoms with Gasteiger partial charge < -0.3 is 37.6 Å². The van der Waals surface area contributed by atoms with Gasteiger partial charge in [0.2, 0.25) is 5.91 Å². The molecule has 1 unspecified atom stereocenters. The molecule has 1 aliphatic rings. The monoisotopic (exact) mass is 425 g/mol. The van der Waals surface area contributed by atoms with Crippen LogP contribution < -0.4 is 22.9 Å². The molecule has 0 bridgehead atoms. The third-order valence-corrected chi connectivity index (χ3v) is 4.74. The molecule has 1 atom stereocenters. The number of ether oxygens (including phenoxy) is 1. The third kappa shape index (κ3) is 10.1. The lowest BCUT2D eigenvalue weighted by atomic mass is 10.2. The van der Waals surface area contributed by atoms with Gasteiger partial charge in [-0.15, -0.1) is 11.8 Å². The average molecular weight is 426 g/mol. The number of carbonyl (C=O) groups excluding carboxylic acids is 2. The van der Waals surface area contributed by atoms with Crippen LogP contribution in [0.3, 0.4) is 0 Å². The van der Waals surface area contributed by atoms with Crippen molar-refractivity contribution in [3.8, 4) is 0 Å². The molecule has 1 saturated heterocycles. The molecule has 0 aromatic heterocycles. The summed E-state index contributed by atoms with van der Waals surface area (Å²) in [7, 11) is 1.00. The van der Waals surface area contributed by atoms with Crippen LogP contribution in [-0.2, 0) is 20.1 Å². The molecule has 1 heterocycles. The van der Waals surface area contributed by atoms with Gasteiger partial charge in [0.05, 0.1) is 24.8 Å². The van der Waals surface area contributed by atoms with E-state index in [9.17, 15) is 9.59 Å². The number of nitrogens with one attached hydrogen (secondary N) is 1. The van der Waals surface area contributed by atoms with E-state index in [1.807, 2.05) is 30.3 Å². The van der Waals surface area contributed by atoms with Crippen LogP contribution in [0.5, 0.6) is 0 Å². The Morgan fingerprint density at radius 3 is 2.66 bits per heavy atom. The number of morpholine rings is 1. The molecular formula is C19H31N5O4S. The number of carbonyl (C=O) groups is 2. The molecule has 2 rings (SSSR count). The topological polar surface area (TPSA) is 166 Å². The third-order valence-electron chi connectivity index (χ3n) is 3.79. The maximum atomic E-state index is 12.3. The van der Waals surface area contributed by atoms with Crippen LogP contribution in [0.25, 0.3) is 0 Å². The first-order chi connectivity index (χ1) is 13.6. The minimum Gasteiger partial charge on any atom is -0.400 e. The van der Waals surface area contributed by atoms with E-state index in [0.29, 0.717) is 18.2 Å². The van der Waals surface area contributed by atoms with E-state index < -0.39 is 6.04 Å². The highest BCUT2D eigenvalue weighted by Gasteiger charge is 2.29. The Labute approximate surface area is 175 Å². The summed E-state index contributed by atoms with van der Waals surface area (Å²) in [6, 6.07) is 9.45. The van der Waals surface area contributed by atoms with Gasteiger partial charge in [-0.2, -0.15) is 0 Å². The van der Waals surface area contributed by atoms with Crippen molar-refractivity contribution < 1.29 is 19.4 Å². The van der Waals surface area contributed by atoms with E-state index in [4.69, 9.17) is 21.3 Å². The summed E-state index contributed by atoms with van der Waals surface area (Å²) < 4.78 is 5.32. The number of rotatable bonds is 8. The SMILES string of the molecule is CO.N.N/C(=C\C=C(/N)SCc1ccccc1)NC(=O)C1COCCN1CC=O. The lowest BCUT2D eigenvalue weighted by molar-refractivity contribution is -0.132. The van der Waals surface area contributed by atoms with Crippen molar-refractivity contribution in [2.24, 2.45) is 11.5 Å². The maximum absolute atomic E-state index is 12.3. The minimum absolute atomic E-state index is 0. The van der Waals surface area contributed by atoms with Gasteiger partial charge in [-0.25, -0.2) is 0 Å². The summed E-state index contributed by atoms with van der Waals surface area (Å²) in [6.45, 7) is 1.45. The van der Waals surface area contributed by atoms with Crippen LogP contribution in [0, 0.1) is 0 Å². The van der Waals surface area contributed by atoms with Gasteiger partial charge in [-0.3, -0.25) is 9.69 Å². The number of benzene rings is 1. The summed E-state index contributed by atoms with van der Waals surface area (Å²) in [5, 5.41) is 10.2. The summed E-state index contributed by atoms with van der Waals surface area (Å²) in [5.41, 5.74) is 13.0. The molecule has 29 heavy (non-hydrogen) atoms. The van der Waals surface area contributed by atoms with Gasteiger partial charge in [0.1, 0.15) is 18.1 Å². The molecule has 9 nitrogen and oxygen atoms in total. The Morgan fingerprint density at radius 2 is 2.00 bits per heavy atom. The second-order valence-corrected chi connectivity index (χ2v) is 6.76. The highest BCUT2D eigenvalue weighted by atomic mass is 32.2. The zero-order valence-corrected chi connectivity index (χ0v) is 17.4. The number of aldehydes is 1. The zero-order chi connectivity index (χ0) is 20.8. The maximum Gasteiger partial charge on any atom is 0.245 e.